The van der Waals surface area contributed by atoms with Crippen molar-refractivity contribution in [1.29, 1.82) is 0 Å². The minimum absolute atomic E-state index is 0.0388. The van der Waals surface area contributed by atoms with Crippen LogP contribution < -0.4 is 4.74 Å². The maximum atomic E-state index is 11.8. The summed E-state index contributed by atoms with van der Waals surface area (Å²) in [6, 6.07) is 4.87. The molecule has 0 aliphatic rings. The molecule has 20 heavy (non-hydrogen) atoms. The van der Waals surface area contributed by atoms with Crippen molar-refractivity contribution < 1.29 is 27.8 Å². The third kappa shape index (κ3) is 6.45. The average molecular weight is 313 g/mol. The van der Waals surface area contributed by atoms with Crippen molar-refractivity contribution in [3.05, 3.63) is 28.8 Å². The lowest BCUT2D eigenvalue weighted by atomic mass is 10.1. The first-order valence-electron chi connectivity index (χ1n) is 6.04. The summed E-state index contributed by atoms with van der Waals surface area (Å²) in [6.45, 7) is 0.523. The summed E-state index contributed by atoms with van der Waals surface area (Å²) in [5.41, 5.74) is 0.663. The Morgan fingerprint density at radius 1 is 1.30 bits per heavy atom. The second-order valence-electron chi connectivity index (χ2n) is 4.24. The van der Waals surface area contributed by atoms with Crippen molar-refractivity contribution in [3.8, 4) is 5.75 Å². The summed E-state index contributed by atoms with van der Waals surface area (Å²) in [7, 11) is 0. The smallest absolute Gasteiger partial charge is 0.411 e. The van der Waals surface area contributed by atoms with Gasteiger partial charge in [-0.05, 0) is 24.6 Å². The maximum Gasteiger partial charge on any atom is 0.411 e. The van der Waals surface area contributed by atoms with Crippen LogP contribution in [0.4, 0.5) is 13.2 Å². The summed E-state index contributed by atoms with van der Waals surface area (Å²) in [4.78, 5) is 0. The Labute approximate surface area is 120 Å². The van der Waals surface area contributed by atoms with Gasteiger partial charge in [0.05, 0.1) is 24.3 Å². The zero-order valence-electron chi connectivity index (χ0n) is 10.9. The number of rotatable bonds is 7. The summed E-state index contributed by atoms with van der Waals surface area (Å²) in [5, 5.41) is 9.72. The molecule has 0 aliphatic heterocycles. The molecule has 0 unspecified atom stereocenters. The lowest BCUT2D eigenvalue weighted by Gasteiger charge is -2.11. The third-order valence-corrected chi connectivity index (χ3v) is 2.69. The van der Waals surface area contributed by atoms with Crippen molar-refractivity contribution in [2.24, 2.45) is 0 Å². The molecular formula is C13H16ClF3O3. The van der Waals surface area contributed by atoms with Crippen LogP contribution in [0.5, 0.6) is 5.75 Å². The highest BCUT2D eigenvalue weighted by atomic mass is 35.5. The highest BCUT2D eigenvalue weighted by molar-refractivity contribution is 6.32. The van der Waals surface area contributed by atoms with Gasteiger partial charge < -0.3 is 14.6 Å². The molecule has 0 spiro atoms. The molecule has 0 bridgehead atoms. The van der Waals surface area contributed by atoms with Crippen LogP contribution >= 0.6 is 11.6 Å². The molecule has 1 aromatic carbocycles. The molecule has 0 saturated heterocycles. The van der Waals surface area contributed by atoms with E-state index in [0.29, 0.717) is 22.8 Å². The lowest BCUT2D eigenvalue weighted by Crippen LogP contribution is -2.18. The van der Waals surface area contributed by atoms with Crippen LogP contribution in [0.2, 0.25) is 5.02 Å². The van der Waals surface area contributed by atoms with Gasteiger partial charge in [0.25, 0.3) is 0 Å². The second kappa shape index (κ2) is 7.71. The van der Waals surface area contributed by atoms with Gasteiger partial charge in [-0.1, -0.05) is 17.7 Å². The van der Waals surface area contributed by atoms with Crippen molar-refractivity contribution >= 4 is 11.6 Å². The predicted molar refractivity (Wildman–Crippen MR) is 69.1 cm³/mol. The van der Waals surface area contributed by atoms with Crippen LogP contribution in [-0.2, 0) is 4.74 Å². The number of alkyl halides is 3. The van der Waals surface area contributed by atoms with Crippen LogP contribution in [0.15, 0.2) is 18.2 Å². The standard InChI is InChI=1S/C13H16ClF3O3/c1-9(18)10-3-4-12(11(14)7-10)20-6-2-5-19-8-13(15,16)17/h3-4,7,9,18H,2,5-6,8H2,1H3/t9-/m1/s1. The number of aliphatic hydroxyl groups excluding tert-OH is 1. The van der Waals surface area contributed by atoms with Crippen molar-refractivity contribution in [3.63, 3.8) is 0 Å². The van der Waals surface area contributed by atoms with Crippen molar-refractivity contribution in [2.75, 3.05) is 19.8 Å². The van der Waals surface area contributed by atoms with E-state index in [4.69, 9.17) is 16.3 Å². The normalized spacial score (nSPS) is 13.3. The Morgan fingerprint density at radius 3 is 2.55 bits per heavy atom. The summed E-state index contributed by atoms with van der Waals surface area (Å²) < 4.78 is 45.1. The van der Waals surface area contributed by atoms with Gasteiger partial charge in [-0.3, -0.25) is 0 Å². The molecule has 114 valence electrons. The molecule has 0 aromatic heterocycles. The number of hydrogen-bond acceptors (Lipinski definition) is 3. The summed E-state index contributed by atoms with van der Waals surface area (Å²) >= 11 is 5.96. The minimum atomic E-state index is -4.30. The van der Waals surface area contributed by atoms with Crippen LogP contribution in [0, 0.1) is 0 Å². The second-order valence-corrected chi connectivity index (χ2v) is 4.64. The molecule has 1 aromatic rings. The first-order chi connectivity index (χ1) is 9.29. The number of halogens is 4. The van der Waals surface area contributed by atoms with Gasteiger partial charge in [-0.2, -0.15) is 13.2 Å². The van der Waals surface area contributed by atoms with E-state index in [2.05, 4.69) is 4.74 Å². The molecule has 1 N–H and O–H groups in total. The van der Waals surface area contributed by atoms with E-state index < -0.39 is 18.9 Å². The Kier molecular flexibility index (Phi) is 6.58. The highest BCUT2D eigenvalue weighted by Crippen LogP contribution is 2.27. The fraction of sp³-hybridized carbons (Fsp3) is 0.538. The molecule has 1 atom stereocenters. The average Bonchev–Trinajstić information content (AvgIpc) is 2.33. The topological polar surface area (TPSA) is 38.7 Å². The van der Waals surface area contributed by atoms with E-state index >= 15 is 0 Å². The van der Waals surface area contributed by atoms with Crippen LogP contribution in [0.3, 0.4) is 0 Å². The molecule has 0 fully saturated rings. The van der Waals surface area contributed by atoms with Crippen LogP contribution in [-0.4, -0.2) is 31.1 Å². The molecule has 0 amide bonds. The van der Waals surface area contributed by atoms with E-state index in [1.807, 2.05) is 0 Å². The predicted octanol–water partition coefficient (Wildman–Crippen LogP) is 3.74. The first-order valence-corrected chi connectivity index (χ1v) is 6.42. The molecular weight excluding hydrogens is 297 g/mol. The Hall–Kier alpha value is -0.980. The summed E-state index contributed by atoms with van der Waals surface area (Å²) in [6.07, 6.45) is -4.61. The molecule has 7 heteroatoms. The molecule has 0 heterocycles. The fourth-order valence-corrected chi connectivity index (χ4v) is 1.67. The summed E-state index contributed by atoms with van der Waals surface area (Å²) in [5.74, 6) is 0.423. The van der Waals surface area contributed by atoms with Crippen molar-refractivity contribution in [2.45, 2.75) is 25.6 Å². The lowest BCUT2D eigenvalue weighted by molar-refractivity contribution is -0.174. The molecule has 1 rings (SSSR count). The van der Waals surface area contributed by atoms with Gasteiger partial charge in [0, 0.05) is 6.42 Å². The highest BCUT2D eigenvalue weighted by Gasteiger charge is 2.27. The molecule has 0 saturated carbocycles. The zero-order chi connectivity index (χ0) is 15.2. The van der Waals surface area contributed by atoms with Crippen LogP contribution in [0.25, 0.3) is 0 Å². The van der Waals surface area contributed by atoms with Gasteiger partial charge in [-0.25, -0.2) is 0 Å². The van der Waals surface area contributed by atoms with Crippen LogP contribution in [0.1, 0.15) is 25.0 Å². The largest absolute Gasteiger partial charge is 0.492 e. The Morgan fingerprint density at radius 2 is 2.00 bits per heavy atom. The van der Waals surface area contributed by atoms with Gasteiger partial charge in [-0.15, -0.1) is 0 Å². The Balaban J connectivity index is 2.29. The maximum absolute atomic E-state index is 11.8. The third-order valence-electron chi connectivity index (χ3n) is 2.39. The fourth-order valence-electron chi connectivity index (χ4n) is 1.43. The minimum Gasteiger partial charge on any atom is -0.492 e. The van der Waals surface area contributed by atoms with E-state index in [1.165, 1.54) is 0 Å². The Bertz CT molecular complexity index is 422. The molecule has 0 radical (unpaired) electrons. The number of hydrogen-bond donors (Lipinski definition) is 1. The SMILES string of the molecule is C[C@@H](O)c1ccc(OCCCOCC(F)(F)F)c(Cl)c1. The first kappa shape index (κ1) is 17.1. The molecule has 3 nitrogen and oxygen atoms in total. The number of ether oxygens (including phenoxy) is 2. The monoisotopic (exact) mass is 312 g/mol. The van der Waals surface area contributed by atoms with Gasteiger partial charge in [0.2, 0.25) is 0 Å². The molecule has 0 aliphatic carbocycles. The van der Waals surface area contributed by atoms with Gasteiger partial charge in [0.1, 0.15) is 12.4 Å². The van der Waals surface area contributed by atoms with Gasteiger partial charge in [0.15, 0.2) is 0 Å². The van der Waals surface area contributed by atoms with E-state index in [1.54, 1.807) is 25.1 Å². The quantitative estimate of drug-likeness (QED) is 0.780. The van der Waals surface area contributed by atoms with Crippen molar-refractivity contribution in [1.82, 2.24) is 0 Å². The van der Waals surface area contributed by atoms with E-state index in [9.17, 15) is 18.3 Å². The van der Waals surface area contributed by atoms with E-state index in [-0.39, 0.29) is 13.2 Å². The zero-order valence-corrected chi connectivity index (χ0v) is 11.7. The van der Waals surface area contributed by atoms with E-state index in [0.717, 1.165) is 0 Å². The number of aliphatic hydroxyl groups is 1. The van der Waals surface area contributed by atoms with Gasteiger partial charge >= 0.3 is 6.18 Å². The number of benzene rings is 1.